The van der Waals surface area contributed by atoms with Gasteiger partial charge in [-0.1, -0.05) is 0 Å². The summed E-state index contributed by atoms with van der Waals surface area (Å²) in [4.78, 5) is 7.73. The van der Waals surface area contributed by atoms with Crippen LogP contribution in [0.15, 0.2) is 0 Å². The van der Waals surface area contributed by atoms with E-state index in [1.807, 2.05) is 12.1 Å². The minimum Gasteiger partial charge on any atom is -0.302 e. The van der Waals surface area contributed by atoms with Gasteiger partial charge in [0.2, 0.25) is 0 Å². The molecule has 1 heterocycles. The summed E-state index contributed by atoms with van der Waals surface area (Å²) in [7, 11) is 3.77. The molecule has 1 fully saturated rings. The molecular weight excluding hydrogens is 164 g/mol. The van der Waals surface area contributed by atoms with E-state index in [4.69, 9.17) is 4.84 Å². The minimum atomic E-state index is 0.611. The van der Waals surface area contributed by atoms with Crippen molar-refractivity contribution in [3.63, 3.8) is 0 Å². The number of likely N-dealkylation sites (tertiary alicyclic amines) is 1. The van der Waals surface area contributed by atoms with Crippen molar-refractivity contribution in [1.29, 1.82) is 0 Å². The van der Waals surface area contributed by atoms with Crippen LogP contribution in [-0.4, -0.2) is 49.3 Å². The molecule has 0 radical (unpaired) electrons. The number of nitrogens with zero attached hydrogens (tertiary/aromatic N) is 2. The van der Waals surface area contributed by atoms with E-state index in [1.54, 1.807) is 7.11 Å². The van der Waals surface area contributed by atoms with Gasteiger partial charge in [-0.2, -0.15) is 5.06 Å². The third-order valence-corrected chi connectivity index (χ3v) is 3.03. The van der Waals surface area contributed by atoms with Crippen LogP contribution in [-0.2, 0) is 4.84 Å². The molecule has 13 heavy (non-hydrogen) atoms. The van der Waals surface area contributed by atoms with Crippen LogP contribution in [0.5, 0.6) is 0 Å². The van der Waals surface area contributed by atoms with Crippen LogP contribution in [0.4, 0.5) is 0 Å². The van der Waals surface area contributed by atoms with E-state index in [0.717, 1.165) is 0 Å². The van der Waals surface area contributed by atoms with E-state index in [2.05, 4.69) is 18.7 Å². The second-order valence-electron chi connectivity index (χ2n) is 4.09. The maximum absolute atomic E-state index is 5.20. The molecule has 78 valence electrons. The van der Waals surface area contributed by atoms with Crippen LogP contribution >= 0.6 is 0 Å². The van der Waals surface area contributed by atoms with Gasteiger partial charge in [-0.25, -0.2) is 0 Å². The Morgan fingerprint density at radius 3 is 2.23 bits per heavy atom. The molecule has 3 heteroatoms. The quantitative estimate of drug-likeness (QED) is 0.619. The Labute approximate surface area is 81.6 Å². The van der Waals surface area contributed by atoms with E-state index >= 15 is 0 Å². The van der Waals surface area contributed by atoms with Crippen molar-refractivity contribution < 1.29 is 4.84 Å². The van der Waals surface area contributed by atoms with Crippen molar-refractivity contribution in [3.8, 4) is 0 Å². The smallest absolute Gasteiger partial charge is 0.0575 e. The van der Waals surface area contributed by atoms with E-state index < -0.39 is 0 Å². The number of hydrogen-bond donors (Lipinski definition) is 0. The zero-order valence-corrected chi connectivity index (χ0v) is 9.29. The van der Waals surface area contributed by atoms with Crippen molar-refractivity contribution in [2.75, 3.05) is 27.2 Å². The Balaban J connectivity index is 2.30. The third-order valence-electron chi connectivity index (χ3n) is 3.03. The Hall–Kier alpha value is -0.120. The van der Waals surface area contributed by atoms with Gasteiger partial charge in [-0.15, -0.1) is 0 Å². The highest BCUT2D eigenvalue weighted by Crippen LogP contribution is 2.16. The summed E-state index contributed by atoms with van der Waals surface area (Å²) < 4.78 is 0. The Kier molecular flexibility index (Phi) is 4.16. The van der Waals surface area contributed by atoms with Crippen LogP contribution < -0.4 is 0 Å². The summed E-state index contributed by atoms with van der Waals surface area (Å²) >= 11 is 0. The molecule has 0 aliphatic carbocycles. The lowest BCUT2D eigenvalue weighted by Crippen LogP contribution is -2.45. The summed E-state index contributed by atoms with van der Waals surface area (Å²) in [6.45, 7) is 6.94. The van der Waals surface area contributed by atoms with Crippen LogP contribution in [0.2, 0.25) is 0 Å². The highest BCUT2D eigenvalue weighted by Gasteiger charge is 2.23. The molecule has 0 aromatic heterocycles. The summed E-state index contributed by atoms with van der Waals surface area (Å²) in [5, 5.41) is 1.98. The number of rotatable bonds is 3. The molecule has 0 bridgehead atoms. The monoisotopic (exact) mass is 186 g/mol. The molecule has 0 saturated carbocycles. The molecule has 3 nitrogen and oxygen atoms in total. The maximum Gasteiger partial charge on any atom is 0.0575 e. The normalized spacial score (nSPS) is 21.7. The van der Waals surface area contributed by atoms with Gasteiger partial charge in [-0.3, -0.25) is 0 Å². The Morgan fingerprint density at radius 2 is 1.85 bits per heavy atom. The molecule has 1 aliphatic rings. The first-order valence-corrected chi connectivity index (χ1v) is 5.16. The molecule has 0 atom stereocenters. The first kappa shape index (κ1) is 11.0. The van der Waals surface area contributed by atoms with Gasteiger partial charge in [0.15, 0.2) is 0 Å². The van der Waals surface area contributed by atoms with Crippen molar-refractivity contribution in [3.05, 3.63) is 0 Å². The summed E-state index contributed by atoms with van der Waals surface area (Å²) in [6.07, 6.45) is 2.45. The van der Waals surface area contributed by atoms with E-state index in [0.29, 0.717) is 12.1 Å². The van der Waals surface area contributed by atoms with Gasteiger partial charge in [0.1, 0.15) is 0 Å². The average molecular weight is 186 g/mol. The minimum absolute atomic E-state index is 0.611. The van der Waals surface area contributed by atoms with Gasteiger partial charge in [-0.05, 0) is 39.8 Å². The average Bonchev–Trinajstić information content (AvgIpc) is 2.17. The number of piperidine rings is 1. The lowest BCUT2D eigenvalue weighted by molar-refractivity contribution is -0.151. The van der Waals surface area contributed by atoms with Crippen LogP contribution in [0.1, 0.15) is 26.7 Å². The fraction of sp³-hybridized carbons (Fsp3) is 1.00. The fourth-order valence-electron chi connectivity index (χ4n) is 1.91. The highest BCUT2D eigenvalue weighted by molar-refractivity contribution is 4.77. The standard InChI is InChI=1S/C10H22N2O/c1-9(2)12-7-5-10(6-8-12)11(3)13-4/h9-10H,5-8H2,1-4H3. The molecule has 0 aromatic rings. The largest absolute Gasteiger partial charge is 0.302 e. The number of hydrogen-bond acceptors (Lipinski definition) is 3. The second kappa shape index (κ2) is 4.94. The molecule has 0 spiro atoms. The topological polar surface area (TPSA) is 15.7 Å². The van der Waals surface area contributed by atoms with Crippen molar-refractivity contribution in [2.45, 2.75) is 38.8 Å². The molecule has 0 N–H and O–H groups in total. The van der Waals surface area contributed by atoms with Gasteiger partial charge >= 0.3 is 0 Å². The van der Waals surface area contributed by atoms with Gasteiger partial charge in [0, 0.05) is 19.1 Å². The van der Waals surface area contributed by atoms with Crippen molar-refractivity contribution >= 4 is 0 Å². The zero-order chi connectivity index (χ0) is 9.84. The van der Waals surface area contributed by atoms with Gasteiger partial charge in [0.25, 0.3) is 0 Å². The summed E-state index contributed by atoms with van der Waals surface area (Å²) in [5.74, 6) is 0. The molecule has 1 aliphatic heterocycles. The second-order valence-corrected chi connectivity index (χ2v) is 4.09. The fourth-order valence-corrected chi connectivity index (χ4v) is 1.91. The first-order chi connectivity index (χ1) is 6.15. The highest BCUT2D eigenvalue weighted by atomic mass is 16.7. The summed E-state index contributed by atoms with van der Waals surface area (Å²) in [6, 6.07) is 1.30. The Bertz CT molecular complexity index is 142. The van der Waals surface area contributed by atoms with E-state index in [-0.39, 0.29) is 0 Å². The van der Waals surface area contributed by atoms with E-state index in [9.17, 15) is 0 Å². The first-order valence-electron chi connectivity index (χ1n) is 5.16. The van der Waals surface area contributed by atoms with E-state index in [1.165, 1.54) is 25.9 Å². The summed E-state index contributed by atoms with van der Waals surface area (Å²) in [5.41, 5.74) is 0. The molecule has 0 aromatic carbocycles. The maximum atomic E-state index is 5.20. The molecule has 0 amide bonds. The molecule has 1 saturated heterocycles. The molecule has 0 unspecified atom stereocenters. The van der Waals surface area contributed by atoms with Gasteiger partial charge < -0.3 is 9.74 Å². The number of hydroxylamine groups is 2. The molecule has 1 rings (SSSR count). The van der Waals surface area contributed by atoms with Crippen LogP contribution in [0, 0.1) is 0 Å². The predicted octanol–water partition coefficient (Wildman–Crippen LogP) is 1.35. The molecular formula is C10H22N2O. The Morgan fingerprint density at radius 1 is 1.31 bits per heavy atom. The van der Waals surface area contributed by atoms with Crippen molar-refractivity contribution in [1.82, 2.24) is 9.96 Å². The van der Waals surface area contributed by atoms with Crippen molar-refractivity contribution in [2.24, 2.45) is 0 Å². The SMILES string of the molecule is CON(C)C1CCN(C(C)C)CC1. The lowest BCUT2D eigenvalue weighted by Gasteiger charge is -2.37. The van der Waals surface area contributed by atoms with Gasteiger partial charge in [0.05, 0.1) is 7.11 Å². The third kappa shape index (κ3) is 2.93. The van der Waals surface area contributed by atoms with Crippen LogP contribution in [0.3, 0.4) is 0 Å². The lowest BCUT2D eigenvalue weighted by atomic mass is 10.0. The predicted molar refractivity (Wildman–Crippen MR) is 54.5 cm³/mol. The zero-order valence-electron chi connectivity index (χ0n) is 9.29. The van der Waals surface area contributed by atoms with Crippen LogP contribution in [0.25, 0.3) is 0 Å².